The number of hydrazine groups is 1. The molecule has 9 heteroatoms. The summed E-state index contributed by atoms with van der Waals surface area (Å²) in [5.41, 5.74) is 2.83. The van der Waals surface area contributed by atoms with Gasteiger partial charge in [-0.3, -0.25) is 9.80 Å². The Labute approximate surface area is 212 Å². The summed E-state index contributed by atoms with van der Waals surface area (Å²) in [7, 11) is 0. The van der Waals surface area contributed by atoms with Crippen molar-refractivity contribution < 1.29 is 29.3 Å². The van der Waals surface area contributed by atoms with E-state index in [1.807, 2.05) is 54.6 Å². The van der Waals surface area contributed by atoms with Crippen LogP contribution in [-0.4, -0.2) is 54.9 Å². The summed E-state index contributed by atoms with van der Waals surface area (Å²) in [4.78, 5) is 26.6. The molecule has 0 bridgehead atoms. The number of carboxylic acids is 1. The van der Waals surface area contributed by atoms with Crippen molar-refractivity contribution in [3.05, 3.63) is 119 Å². The van der Waals surface area contributed by atoms with E-state index < -0.39 is 35.1 Å². The van der Waals surface area contributed by atoms with Crippen LogP contribution in [0.1, 0.15) is 11.1 Å². The number of amides is 1. The fraction of sp³-hybridized carbons (Fsp3) is 0.143. The Hall–Kier alpha value is -4.47. The van der Waals surface area contributed by atoms with Gasteiger partial charge in [-0.05, 0) is 34.4 Å². The second kappa shape index (κ2) is 9.88. The van der Waals surface area contributed by atoms with Gasteiger partial charge in [-0.15, -0.1) is 0 Å². The van der Waals surface area contributed by atoms with Crippen molar-refractivity contribution in [2.24, 2.45) is 0 Å². The zero-order valence-corrected chi connectivity index (χ0v) is 19.7. The molecule has 0 saturated carbocycles. The van der Waals surface area contributed by atoms with Crippen LogP contribution in [0.2, 0.25) is 0 Å². The number of benzene rings is 3. The fourth-order valence-electron chi connectivity index (χ4n) is 4.56. The van der Waals surface area contributed by atoms with Gasteiger partial charge in [-0.25, -0.2) is 9.18 Å². The molecule has 0 aromatic heterocycles. The minimum absolute atomic E-state index is 0.0512. The van der Waals surface area contributed by atoms with Crippen molar-refractivity contribution in [3.8, 4) is 11.1 Å². The molecule has 1 unspecified atom stereocenters. The van der Waals surface area contributed by atoms with Crippen molar-refractivity contribution in [3.63, 3.8) is 0 Å². The topological polar surface area (TPSA) is 105 Å². The highest BCUT2D eigenvalue weighted by atomic mass is 19.1. The first-order valence-corrected chi connectivity index (χ1v) is 11.6. The zero-order valence-electron chi connectivity index (χ0n) is 19.7. The average molecular weight is 502 g/mol. The molecule has 1 fully saturated rings. The lowest BCUT2D eigenvalue weighted by Crippen LogP contribution is -2.57. The Bertz CT molecular complexity index is 1400. The maximum absolute atomic E-state index is 13.4. The van der Waals surface area contributed by atoms with Crippen LogP contribution >= 0.6 is 0 Å². The van der Waals surface area contributed by atoms with Gasteiger partial charge in [0.25, 0.3) is 5.91 Å². The summed E-state index contributed by atoms with van der Waals surface area (Å²) in [6, 6.07) is 23.2. The molecule has 0 spiro atoms. The van der Waals surface area contributed by atoms with Crippen LogP contribution < -0.4 is 0 Å². The summed E-state index contributed by atoms with van der Waals surface area (Å²) in [6.07, 6.45) is -0.683. The Kier molecular flexibility index (Phi) is 6.47. The third-order valence-corrected chi connectivity index (χ3v) is 6.40. The molecule has 8 nitrogen and oxygen atoms in total. The molecule has 3 N–H and O–H groups in total. The molecule has 3 aromatic rings. The van der Waals surface area contributed by atoms with Gasteiger partial charge in [0.2, 0.25) is 0 Å². The van der Waals surface area contributed by atoms with Crippen LogP contribution in [0.25, 0.3) is 11.1 Å². The number of carbonyl (C=O) groups excluding carboxylic acids is 1. The van der Waals surface area contributed by atoms with Gasteiger partial charge in [0.05, 0.1) is 12.2 Å². The number of carbonyl (C=O) groups is 2. The van der Waals surface area contributed by atoms with E-state index in [1.165, 1.54) is 28.2 Å². The minimum Gasteiger partial charge on any atom is -0.507 e. The van der Waals surface area contributed by atoms with Crippen molar-refractivity contribution in [1.82, 2.24) is 14.9 Å². The smallest absolute Gasteiger partial charge is 0.336 e. The number of aliphatic hydroxyl groups excluding tert-OH is 2. The van der Waals surface area contributed by atoms with Gasteiger partial charge < -0.3 is 20.2 Å². The van der Waals surface area contributed by atoms with Crippen LogP contribution in [0.4, 0.5) is 4.39 Å². The van der Waals surface area contributed by atoms with Crippen molar-refractivity contribution in [1.29, 1.82) is 0 Å². The number of fused-ring (bicyclic) bond motifs is 1. The second-order valence-electron chi connectivity index (χ2n) is 8.83. The minimum atomic E-state index is -1.85. The first-order valence-electron chi connectivity index (χ1n) is 11.6. The highest BCUT2D eigenvalue weighted by molar-refractivity contribution is 5.97. The van der Waals surface area contributed by atoms with Gasteiger partial charge in [-0.2, -0.15) is 5.01 Å². The number of hydrogen-bond donors (Lipinski definition) is 3. The molecule has 37 heavy (non-hydrogen) atoms. The zero-order chi connectivity index (χ0) is 26.1. The number of rotatable bonds is 6. The molecule has 5 rings (SSSR count). The summed E-state index contributed by atoms with van der Waals surface area (Å²) in [5.74, 6) is -3.14. The molecule has 2 heterocycles. The molecule has 1 atom stereocenters. The predicted octanol–water partition coefficient (Wildman–Crippen LogP) is 3.62. The molecular weight excluding hydrogens is 477 g/mol. The maximum atomic E-state index is 13.4. The molecule has 0 radical (unpaired) electrons. The number of halogens is 1. The molecule has 1 saturated heterocycles. The van der Waals surface area contributed by atoms with Crippen molar-refractivity contribution >= 4 is 11.9 Å². The number of aliphatic carboxylic acids is 1. The van der Waals surface area contributed by atoms with Gasteiger partial charge in [0, 0.05) is 19.3 Å². The molecule has 188 valence electrons. The average Bonchev–Trinajstić information content (AvgIpc) is 2.90. The van der Waals surface area contributed by atoms with E-state index >= 15 is 0 Å². The second-order valence-corrected chi connectivity index (χ2v) is 8.83. The monoisotopic (exact) mass is 501 g/mol. The number of carboxylic acid groups (broad SMARTS) is 1. The quantitative estimate of drug-likeness (QED) is 0.474. The predicted molar refractivity (Wildman–Crippen MR) is 132 cm³/mol. The SMILES string of the molecule is O=C(O)C1=CN2C(=C(O)C1O)C(=O)N(Cc1ccc(F)cc1)CN2Cc1ccccc1-c1ccccc1. The first kappa shape index (κ1) is 24.2. The highest BCUT2D eigenvalue weighted by Gasteiger charge is 2.43. The number of aliphatic hydroxyl groups is 2. The molecule has 2 aliphatic rings. The van der Waals surface area contributed by atoms with Crippen molar-refractivity contribution in [2.75, 3.05) is 6.67 Å². The first-order chi connectivity index (χ1) is 17.8. The van der Waals surface area contributed by atoms with E-state index in [0.29, 0.717) is 5.56 Å². The van der Waals surface area contributed by atoms with E-state index in [2.05, 4.69) is 0 Å². The summed E-state index contributed by atoms with van der Waals surface area (Å²) < 4.78 is 13.4. The van der Waals surface area contributed by atoms with Crippen LogP contribution in [0, 0.1) is 5.82 Å². The van der Waals surface area contributed by atoms with Crippen LogP contribution in [-0.2, 0) is 22.7 Å². The van der Waals surface area contributed by atoms with E-state index in [-0.39, 0.29) is 25.5 Å². The van der Waals surface area contributed by atoms with Crippen molar-refractivity contribution in [2.45, 2.75) is 19.2 Å². The largest absolute Gasteiger partial charge is 0.507 e. The fourth-order valence-corrected chi connectivity index (χ4v) is 4.56. The van der Waals surface area contributed by atoms with Crippen LogP contribution in [0.15, 0.2) is 102 Å². The lowest BCUT2D eigenvalue weighted by Gasteiger charge is -2.46. The van der Waals surface area contributed by atoms with Gasteiger partial charge in [0.1, 0.15) is 11.9 Å². The van der Waals surface area contributed by atoms with Crippen LogP contribution in [0.5, 0.6) is 0 Å². The van der Waals surface area contributed by atoms with E-state index in [4.69, 9.17) is 0 Å². The summed E-state index contributed by atoms with van der Waals surface area (Å²) in [6.45, 7) is 0.427. The van der Waals surface area contributed by atoms with Gasteiger partial charge in [0.15, 0.2) is 11.5 Å². The third-order valence-electron chi connectivity index (χ3n) is 6.40. The molecular formula is C28H24FN3O5. The number of nitrogens with zero attached hydrogens (tertiary/aromatic N) is 3. The van der Waals surface area contributed by atoms with E-state index in [1.54, 1.807) is 17.1 Å². The molecule has 2 aliphatic heterocycles. The summed E-state index contributed by atoms with van der Waals surface area (Å²) >= 11 is 0. The Morgan fingerprint density at radius 2 is 1.62 bits per heavy atom. The summed E-state index contributed by atoms with van der Waals surface area (Å²) in [5, 5.41) is 33.8. The van der Waals surface area contributed by atoms with Gasteiger partial charge >= 0.3 is 5.97 Å². The normalized spacial score (nSPS) is 18.1. The Morgan fingerprint density at radius 3 is 2.32 bits per heavy atom. The molecule has 0 aliphatic carbocycles. The molecule has 1 amide bonds. The van der Waals surface area contributed by atoms with E-state index in [9.17, 15) is 29.3 Å². The Balaban J connectivity index is 1.55. The Morgan fingerprint density at radius 1 is 0.946 bits per heavy atom. The highest BCUT2D eigenvalue weighted by Crippen LogP contribution is 2.33. The maximum Gasteiger partial charge on any atom is 0.336 e. The third kappa shape index (κ3) is 4.69. The molecule has 3 aromatic carbocycles. The van der Waals surface area contributed by atoms with E-state index in [0.717, 1.165) is 16.7 Å². The van der Waals surface area contributed by atoms with Crippen LogP contribution in [0.3, 0.4) is 0 Å². The van der Waals surface area contributed by atoms with Gasteiger partial charge in [-0.1, -0.05) is 66.7 Å². The lowest BCUT2D eigenvalue weighted by atomic mass is 9.99. The number of hydrogen-bond acceptors (Lipinski definition) is 6. The standard InChI is InChI=1S/C28H24FN3O5/c29-21-12-10-18(11-13-21)14-30-17-31(15-20-8-4-5-9-22(20)19-6-2-1-3-7-19)32-16-23(28(36)37)25(33)26(34)24(32)27(30)35/h1-13,16,25,33-34H,14-15,17H2,(H,36,37). The lowest BCUT2D eigenvalue weighted by molar-refractivity contribution is -0.150.